The Morgan fingerprint density at radius 1 is 1.03 bits per heavy atom. The molecular weight excluding hydrogens is 422 g/mol. The Bertz CT molecular complexity index is 1320. The highest BCUT2D eigenvalue weighted by Crippen LogP contribution is 2.30. The maximum Gasteiger partial charge on any atom is 0.227 e. The number of aromatic nitrogens is 3. The van der Waals surface area contributed by atoms with Crippen LogP contribution in [-0.2, 0) is 11.3 Å². The van der Waals surface area contributed by atoms with Crippen LogP contribution in [-0.4, -0.2) is 38.5 Å². The van der Waals surface area contributed by atoms with Gasteiger partial charge in [-0.3, -0.25) is 14.1 Å². The number of carbonyl (C=O) groups is 1. The number of likely N-dealkylation sites (tertiary alicyclic amines) is 1. The molecule has 6 heteroatoms. The lowest BCUT2D eigenvalue weighted by atomic mass is 10.0. The first-order valence-electron chi connectivity index (χ1n) is 12.4. The molecule has 1 fully saturated rings. The molecule has 0 spiro atoms. The van der Waals surface area contributed by atoms with E-state index in [2.05, 4.69) is 62.9 Å². The van der Waals surface area contributed by atoms with E-state index >= 15 is 0 Å². The molecule has 2 aromatic heterocycles. The van der Waals surface area contributed by atoms with Crippen molar-refractivity contribution in [1.29, 1.82) is 0 Å². The first-order valence-corrected chi connectivity index (χ1v) is 12.4. The van der Waals surface area contributed by atoms with Gasteiger partial charge in [-0.1, -0.05) is 50.6 Å². The van der Waals surface area contributed by atoms with E-state index < -0.39 is 0 Å². The Hall–Kier alpha value is -3.25. The number of benzene rings is 2. The maximum atomic E-state index is 12.6. The summed E-state index contributed by atoms with van der Waals surface area (Å²) in [6.45, 7) is 9.34. The van der Waals surface area contributed by atoms with Crippen molar-refractivity contribution in [3.8, 4) is 11.1 Å². The largest absolute Gasteiger partial charge is 0.323 e. The molecule has 5 rings (SSSR count). The van der Waals surface area contributed by atoms with Crippen LogP contribution >= 0.6 is 0 Å². The average Bonchev–Trinajstić information content (AvgIpc) is 3.26. The van der Waals surface area contributed by atoms with Gasteiger partial charge in [-0.2, -0.15) is 0 Å². The fourth-order valence-electron chi connectivity index (χ4n) is 4.81. The van der Waals surface area contributed by atoms with Crippen LogP contribution in [0.3, 0.4) is 0 Å². The quantitative estimate of drug-likeness (QED) is 0.381. The fraction of sp³-hybridized carbons (Fsp3) is 0.393. The van der Waals surface area contributed by atoms with Gasteiger partial charge < -0.3 is 5.32 Å². The summed E-state index contributed by atoms with van der Waals surface area (Å²) in [5.74, 6) is 0.744. The van der Waals surface area contributed by atoms with Crippen molar-refractivity contribution in [2.75, 3.05) is 18.4 Å². The molecule has 0 saturated carbocycles. The second kappa shape index (κ2) is 9.55. The number of piperidine rings is 1. The lowest BCUT2D eigenvalue weighted by molar-refractivity contribution is -0.119. The van der Waals surface area contributed by atoms with Crippen LogP contribution in [0.25, 0.3) is 27.7 Å². The summed E-state index contributed by atoms with van der Waals surface area (Å²) >= 11 is 0. The Kier molecular flexibility index (Phi) is 6.33. The minimum Gasteiger partial charge on any atom is -0.323 e. The highest BCUT2D eigenvalue weighted by atomic mass is 16.1. The Morgan fingerprint density at radius 2 is 1.76 bits per heavy atom. The highest BCUT2D eigenvalue weighted by Gasteiger charge is 2.17. The van der Waals surface area contributed by atoms with E-state index in [-0.39, 0.29) is 13.3 Å². The topological polar surface area (TPSA) is 62.5 Å². The van der Waals surface area contributed by atoms with E-state index in [9.17, 15) is 4.79 Å². The van der Waals surface area contributed by atoms with Gasteiger partial charge in [-0.15, -0.1) is 10.2 Å². The molecule has 1 amide bonds. The molecule has 0 aliphatic carbocycles. The fourth-order valence-corrected chi connectivity index (χ4v) is 4.81. The molecule has 1 atom stereocenters. The normalized spacial score (nSPS) is 15.6. The van der Waals surface area contributed by atoms with Crippen LogP contribution in [0.15, 0.2) is 48.5 Å². The number of nitrogens with one attached hydrogen (secondary N) is 1. The van der Waals surface area contributed by atoms with Crippen molar-refractivity contribution in [1.82, 2.24) is 19.5 Å². The number of anilines is 1. The SMILES string of the molecule is CCC(C)C(=O)Nc1cc2cc(-c3ccc(CN4CCCCC4)cc3)ccc2n2c(C)nnc12.[HH]. The van der Waals surface area contributed by atoms with Crippen molar-refractivity contribution < 1.29 is 6.22 Å². The zero-order chi connectivity index (χ0) is 23.7. The summed E-state index contributed by atoms with van der Waals surface area (Å²) in [5, 5.41) is 12.7. The molecule has 1 unspecified atom stereocenters. The van der Waals surface area contributed by atoms with Crippen LogP contribution in [0.5, 0.6) is 0 Å². The Morgan fingerprint density at radius 3 is 2.50 bits per heavy atom. The summed E-state index contributed by atoms with van der Waals surface area (Å²) in [7, 11) is 0. The van der Waals surface area contributed by atoms with E-state index in [0.717, 1.165) is 35.3 Å². The summed E-state index contributed by atoms with van der Waals surface area (Å²) < 4.78 is 2.02. The molecule has 0 bridgehead atoms. The van der Waals surface area contributed by atoms with E-state index in [0.29, 0.717) is 11.3 Å². The van der Waals surface area contributed by atoms with E-state index in [1.54, 1.807) is 0 Å². The van der Waals surface area contributed by atoms with Crippen LogP contribution in [0.2, 0.25) is 0 Å². The minimum absolute atomic E-state index is 0. The van der Waals surface area contributed by atoms with Crippen molar-refractivity contribution in [2.24, 2.45) is 5.92 Å². The van der Waals surface area contributed by atoms with Crippen LogP contribution in [0.1, 0.15) is 52.3 Å². The number of pyridine rings is 1. The molecule has 2 aromatic carbocycles. The second-order valence-corrected chi connectivity index (χ2v) is 9.57. The first-order chi connectivity index (χ1) is 16.5. The first kappa shape index (κ1) is 22.5. The number of hydrogen-bond acceptors (Lipinski definition) is 4. The molecule has 1 N–H and O–H groups in total. The summed E-state index contributed by atoms with van der Waals surface area (Å²) in [6, 6.07) is 17.4. The third kappa shape index (κ3) is 4.42. The zero-order valence-corrected chi connectivity index (χ0v) is 20.3. The molecule has 0 radical (unpaired) electrons. The van der Waals surface area contributed by atoms with E-state index in [1.807, 2.05) is 31.2 Å². The molecule has 34 heavy (non-hydrogen) atoms. The van der Waals surface area contributed by atoms with Gasteiger partial charge in [-0.05, 0) is 74.2 Å². The van der Waals surface area contributed by atoms with Gasteiger partial charge in [0.15, 0.2) is 5.65 Å². The number of fused-ring (bicyclic) bond motifs is 3. The van der Waals surface area contributed by atoms with Gasteiger partial charge in [0.2, 0.25) is 5.91 Å². The Labute approximate surface area is 202 Å². The third-order valence-electron chi connectivity index (χ3n) is 7.09. The predicted molar refractivity (Wildman–Crippen MR) is 140 cm³/mol. The number of aryl methyl sites for hydroxylation is 1. The zero-order valence-electron chi connectivity index (χ0n) is 20.3. The van der Waals surface area contributed by atoms with Gasteiger partial charge in [0.25, 0.3) is 0 Å². The second-order valence-electron chi connectivity index (χ2n) is 9.57. The van der Waals surface area contributed by atoms with Gasteiger partial charge in [0, 0.05) is 19.3 Å². The summed E-state index contributed by atoms with van der Waals surface area (Å²) in [5.41, 5.74) is 6.12. The molecule has 1 saturated heterocycles. The van der Waals surface area contributed by atoms with Crippen LogP contribution in [0, 0.1) is 12.8 Å². The molecular formula is C28H35N5O. The number of carbonyl (C=O) groups excluding carboxylic acids is 1. The number of hydrogen-bond donors (Lipinski definition) is 1. The molecule has 1 aliphatic heterocycles. The predicted octanol–water partition coefficient (Wildman–Crippen LogP) is 6.07. The standard InChI is InChI=1S/C28H33N5O.H2/c1-4-19(2)28(34)29-25-17-24-16-23(12-13-26(24)33-20(3)30-31-27(25)33)22-10-8-21(9-11-22)18-32-14-6-5-7-15-32;/h8-13,16-17,19H,4-7,14-15,18H2,1-3H3,(H,29,34);1H. The lowest BCUT2D eigenvalue weighted by Crippen LogP contribution is -2.28. The van der Waals surface area contributed by atoms with Crippen LogP contribution in [0.4, 0.5) is 5.69 Å². The number of amides is 1. The average molecular weight is 458 g/mol. The summed E-state index contributed by atoms with van der Waals surface area (Å²) in [6.07, 6.45) is 4.78. The number of rotatable bonds is 6. The van der Waals surface area contributed by atoms with Gasteiger partial charge in [-0.25, -0.2) is 0 Å². The molecule has 3 heterocycles. The Balaban J connectivity index is 0.00000289. The third-order valence-corrected chi connectivity index (χ3v) is 7.09. The monoisotopic (exact) mass is 457 g/mol. The van der Waals surface area contributed by atoms with Crippen molar-refractivity contribution in [3.05, 3.63) is 59.9 Å². The summed E-state index contributed by atoms with van der Waals surface area (Å²) in [4.78, 5) is 15.2. The molecule has 6 nitrogen and oxygen atoms in total. The highest BCUT2D eigenvalue weighted by molar-refractivity contribution is 6.00. The van der Waals surface area contributed by atoms with Gasteiger partial charge in [0.1, 0.15) is 5.82 Å². The maximum absolute atomic E-state index is 12.6. The van der Waals surface area contributed by atoms with E-state index in [4.69, 9.17) is 0 Å². The molecule has 178 valence electrons. The lowest BCUT2D eigenvalue weighted by Gasteiger charge is -2.26. The van der Waals surface area contributed by atoms with Crippen molar-refractivity contribution in [3.63, 3.8) is 0 Å². The minimum atomic E-state index is -0.0606. The van der Waals surface area contributed by atoms with Gasteiger partial charge >= 0.3 is 0 Å². The smallest absolute Gasteiger partial charge is 0.227 e. The van der Waals surface area contributed by atoms with Crippen molar-refractivity contribution in [2.45, 2.75) is 53.0 Å². The van der Waals surface area contributed by atoms with Crippen molar-refractivity contribution >= 4 is 28.1 Å². The molecule has 4 aromatic rings. The van der Waals surface area contributed by atoms with Gasteiger partial charge in [0.05, 0.1) is 11.2 Å². The number of nitrogens with zero attached hydrogens (tertiary/aromatic N) is 4. The molecule has 1 aliphatic rings. The van der Waals surface area contributed by atoms with Crippen LogP contribution < -0.4 is 5.32 Å². The van der Waals surface area contributed by atoms with E-state index in [1.165, 1.54) is 43.5 Å².